The van der Waals surface area contributed by atoms with Crippen LogP contribution in [0, 0.1) is 6.92 Å². The summed E-state index contributed by atoms with van der Waals surface area (Å²) >= 11 is 0. The van der Waals surface area contributed by atoms with Crippen molar-refractivity contribution in [3.63, 3.8) is 0 Å². The summed E-state index contributed by atoms with van der Waals surface area (Å²) in [4.78, 5) is 26.0. The lowest BCUT2D eigenvalue weighted by Crippen LogP contribution is -2.29. The van der Waals surface area contributed by atoms with Gasteiger partial charge in [-0.1, -0.05) is 18.2 Å². The molecule has 4 rings (SSSR count). The van der Waals surface area contributed by atoms with Gasteiger partial charge in [-0.15, -0.1) is 0 Å². The number of benzene rings is 1. The lowest BCUT2D eigenvalue weighted by atomic mass is 9.97. The van der Waals surface area contributed by atoms with E-state index in [1.807, 2.05) is 80.7 Å². The van der Waals surface area contributed by atoms with Gasteiger partial charge in [-0.25, -0.2) is 9.97 Å². The normalized spacial score (nSPS) is 15.8. The molecule has 1 aliphatic heterocycles. The molecule has 3 heterocycles. The van der Waals surface area contributed by atoms with Gasteiger partial charge in [0.1, 0.15) is 5.75 Å². The number of rotatable bonds is 7. The SMILES string of the molecule is Cc1ccccc1OCCC(=O)N1CC[C@H](c2nc(N(C)C)ncc2-c2cnn(C)c2)C1. The number of para-hydroxylation sites is 1. The fourth-order valence-corrected chi connectivity index (χ4v) is 4.03. The van der Waals surface area contributed by atoms with Crippen molar-refractivity contribution in [2.75, 3.05) is 38.7 Å². The van der Waals surface area contributed by atoms with Crippen LogP contribution in [0.5, 0.6) is 5.75 Å². The van der Waals surface area contributed by atoms with Gasteiger partial charge in [0.05, 0.1) is 24.9 Å². The summed E-state index contributed by atoms with van der Waals surface area (Å²) in [7, 11) is 5.76. The highest BCUT2D eigenvalue weighted by molar-refractivity contribution is 5.77. The Morgan fingerprint density at radius 2 is 2.06 bits per heavy atom. The van der Waals surface area contributed by atoms with Crippen LogP contribution in [0.2, 0.25) is 0 Å². The van der Waals surface area contributed by atoms with Gasteiger partial charge < -0.3 is 14.5 Å². The van der Waals surface area contributed by atoms with E-state index in [1.54, 1.807) is 4.68 Å². The summed E-state index contributed by atoms with van der Waals surface area (Å²) in [5.74, 6) is 1.78. The molecule has 32 heavy (non-hydrogen) atoms. The van der Waals surface area contributed by atoms with Crippen molar-refractivity contribution < 1.29 is 9.53 Å². The van der Waals surface area contributed by atoms with Gasteiger partial charge in [-0.3, -0.25) is 9.48 Å². The quantitative estimate of drug-likeness (QED) is 0.569. The van der Waals surface area contributed by atoms with Crippen molar-refractivity contribution in [3.8, 4) is 16.9 Å². The van der Waals surface area contributed by atoms with Crippen LogP contribution in [0.1, 0.15) is 30.0 Å². The van der Waals surface area contributed by atoms with Gasteiger partial charge in [0.2, 0.25) is 11.9 Å². The smallest absolute Gasteiger partial charge is 0.226 e. The van der Waals surface area contributed by atoms with Gasteiger partial charge in [-0.05, 0) is 25.0 Å². The molecular formula is C24H30N6O2. The molecule has 2 aromatic heterocycles. The van der Waals surface area contributed by atoms with E-state index in [-0.39, 0.29) is 11.8 Å². The molecule has 0 unspecified atom stereocenters. The third kappa shape index (κ3) is 4.74. The van der Waals surface area contributed by atoms with E-state index in [0.29, 0.717) is 25.5 Å². The fraction of sp³-hybridized carbons (Fsp3) is 0.417. The van der Waals surface area contributed by atoms with E-state index >= 15 is 0 Å². The molecule has 0 radical (unpaired) electrons. The van der Waals surface area contributed by atoms with Gasteiger partial charge in [0.15, 0.2) is 0 Å². The molecule has 1 fully saturated rings. The number of likely N-dealkylation sites (tertiary alicyclic amines) is 1. The second-order valence-corrected chi connectivity index (χ2v) is 8.46. The molecule has 0 saturated carbocycles. The van der Waals surface area contributed by atoms with E-state index in [2.05, 4.69) is 10.1 Å². The highest BCUT2D eigenvalue weighted by atomic mass is 16.5. The highest BCUT2D eigenvalue weighted by Gasteiger charge is 2.30. The van der Waals surface area contributed by atoms with Gasteiger partial charge >= 0.3 is 0 Å². The predicted molar refractivity (Wildman–Crippen MR) is 124 cm³/mol. The Bertz CT molecular complexity index is 1090. The van der Waals surface area contributed by atoms with E-state index in [9.17, 15) is 4.79 Å². The maximum atomic E-state index is 12.8. The second-order valence-electron chi connectivity index (χ2n) is 8.46. The zero-order chi connectivity index (χ0) is 22.7. The largest absolute Gasteiger partial charge is 0.493 e. The summed E-state index contributed by atoms with van der Waals surface area (Å²) < 4.78 is 7.59. The second kappa shape index (κ2) is 9.38. The molecule has 0 bridgehead atoms. The number of carbonyl (C=O) groups is 1. The minimum absolute atomic E-state index is 0.117. The van der Waals surface area contributed by atoms with Crippen molar-refractivity contribution in [1.29, 1.82) is 0 Å². The molecule has 1 aromatic carbocycles. The van der Waals surface area contributed by atoms with E-state index in [1.165, 1.54) is 0 Å². The average Bonchev–Trinajstić information content (AvgIpc) is 3.44. The maximum Gasteiger partial charge on any atom is 0.226 e. The Labute approximate surface area is 188 Å². The third-order valence-corrected chi connectivity index (χ3v) is 5.82. The Balaban J connectivity index is 1.44. The first-order valence-electron chi connectivity index (χ1n) is 10.9. The minimum Gasteiger partial charge on any atom is -0.493 e. The number of aryl methyl sites for hydroxylation is 2. The number of aromatic nitrogens is 4. The predicted octanol–water partition coefficient (Wildman–Crippen LogP) is 3.04. The fourth-order valence-electron chi connectivity index (χ4n) is 4.03. The molecule has 1 saturated heterocycles. The first-order valence-corrected chi connectivity index (χ1v) is 10.9. The van der Waals surface area contributed by atoms with Crippen LogP contribution >= 0.6 is 0 Å². The summed E-state index contributed by atoms with van der Waals surface area (Å²) in [5, 5.41) is 4.30. The number of anilines is 1. The lowest BCUT2D eigenvalue weighted by molar-refractivity contribution is -0.130. The number of carbonyl (C=O) groups excluding carboxylic acids is 1. The van der Waals surface area contributed by atoms with Gasteiger partial charge in [-0.2, -0.15) is 5.10 Å². The molecular weight excluding hydrogens is 404 g/mol. The number of ether oxygens (including phenoxy) is 1. The Kier molecular flexibility index (Phi) is 6.39. The van der Waals surface area contributed by atoms with Crippen molar-refractivity contribution in [1.82, 2.24) is 24.6 Å². The van der Waals surface area contributed by atoms with Crippen LogP contribution in [0.4, 0.5) is 5.95 Å². The molecule has 1 amide bonds. The number of nitrogens with zero attached hydrogens (tertiary/aromatic N) is 6. The third-order valence-electron chi connectivity index (χ3n) is 5.82. The van der Waals surface area contributed by atoms with Gasteiger partial charge in [0.25, 0.3) is 0 Å². The average molecular weight is 435 g/mol. The number of hydrogen-bond acceptors (Lipinski definition) is 6. The zero-order valence-electron chi connectivity index (χ0n) is 19.2. The highest BCUT2D eigenvalue weighted by Crippen LogP contribution is 2.34. The van der Waals surface area contributed by atoms with Crippen LogP contribution in [0.15, 0.2) is 42.9 Å². The van der Waals surface area contributed by atoms with Crippen LogP contribution in [-0.4, -0.2) is 64.3 Å². The number of amides is 1. The molecule has 0 N–H and O–H groups in total. The van der Waals surface area contributed by atoms with Crippen molar-refractivity contribution in [2.45, 2.75) is 25.7 Å². The number of hydrogen-bond donors (Lipinski definition) is 0. The lowest BCUT2D eigenvalue weighted by Gasteiger charge is -2.19. The van der Waals surface area contributed by atoms with Crippen LogP contribution in [0.3, 0.4) is 0 Å². The molecule has 1 aliphatic rings. The molecule has 3 aromatic rings. The zero-order valence-corrected chi connectivity index (χ0v) is 19.2. The molecule has 0 aliphatic carbocycles. The van der Waals surface area contributed by atoms with E-state index < -0.39 is 0 Å². The van der Waals surface area contributed by atoms with Crippen molar-refractivity contribution in [2.24, 2.45) is 7.05 Å². The van der Waals surface area contributed by atoms with Crippen molar-refractivity contribution in [3.05, 3.63) is 54.1 Å². The van der Waals surface area contributed by atoms with Gasteiger partial charge in [0, 0.05) is 63.7 Å². The summed E-state index contributed by atoms with van der Waals surface area (Å²) in [6.45, 7) is 3.76. The van der Waals surface area contributed by atoms with Crippen molar-refractivity contribution >= 4 is 11.9 Å². The Morgan fingerprint density at radius 1 is 1.25 bits per heavy atom. The Morgan fingerprint density at radius 3 is 2.78 bits per heavy atom. The first kappa shape index (κ1) is 21.8. The van der Waals surface area contributed by atoms with Crippen LogP contribution in [0.25, 0.3) is 11.1 Å². The van der Waals surface area contributed by atoms with Crippen LogP contribution in [-0.2, 0) is 11.8 Å². The van der Waals surface area contributed by atoms with Crippen LogP contribution < -0.4 is 9.64 Å². The maximum absolute atomic E-state index is 12.8. The summed E-state index contributed by atoms with van der Waals surface area (Å²) in [6.07, 6.45) is 6.91. The summed E-state index contributed by atoms with van der Waals surface area (Å²) in [5.41, 5.74) is 4.02. The Hall–Kier alpha value is -3.42. The molecule has 8 heteroatoms. The summed E-state index contributed by atoms with van der Waals surface area (Å²) in [6, 6.07) is 7.86. The van der Waals surface area contributed by atoms with E-state index in [0.717, 1.165) is 41.1 Å². The molecule has 168 valence electrons. The first-order chi connectivity index (χ1) is 15.4. The topological polar surface area (TPSA) is 76.4 Å². The molecule has 1 atom stereocenters. The standard InChI is InChI=1S/C24H30N6O2/c1-17-7-5-6-8-21(17)32-12-10-22(31)30-11-9-18(16-30)23-20(19-13-26-29(4)15-19)14-25-24(27-23)28(2)3/h5-8,13-15,18H,9-12,16H2,1-4H3/t18-/m0/s1. The molecule has 0 spiro atoms. The monoisotopic (exact) mass is 434 g/mol. The molecule has 8 nitrogen and oxygen atoms in total. The van der Waals surface area contributed by atoms with E-state index in [4.69, 9.17) is 9.72 Å². The minimum atomic E-state index is 0.117.